The predicted molar refractivity (Wildman–Crippen MR) is 146 cm³/mol. The van der Waals surface area contributed by atoms with Gasteiger partial charge in [0.25, 0.3) is 6.42 Å². The molecule has 1 aromatic carbocycles. The minimum Gasteiger partial charge on any atom is -0.490 e. The maximum absolute atomic E-state index is 15.1. The highest BCUT2D eigenvalue weighted by Crippen LogP contribution is 2.41. The van der Waals surface area contributed by atoms with Crippen molar-refractivity contribution in [3.63, 3.8) is 0 Å². The van der Waals surface area contributed by atoms with Gasteiger partial charge in [-0.3, -0.25) is 4.84 Å². The average molecular weight is 535 g/mol. The molecule has 2 aliphatic carbocycles. The molecule has 0 amide bonds. The average Bonchev–Trinajstić information content (AvgIpc) is 3.77. The van der Waals surface area contributed by atoms with E-state index < -0.39 is 18.1 Å². The molecule has 1 fully saturated rings. The van der Waals surface area contributed by atoms with Gasteiger partial charge in [-0.15, -0.1) is 0 Å². The Balaban J connectivity index is 1.25. The summed E-state index contributed by atoms with van der Waals surface area (Å²) in [7, 11) is 0. The molecule has 0 radical (unpaired) electrons. The van der Waals surface area contributed by atoms with Gasteiger partial charge in [0, 0.05) is 17.8 Å². The topological polar surface area (TPSA) is 34.1 Å². The molecule has 0 spiro atoms. The van der Waals surface area contributed by atoms with E-state index in [1.807, 2.05) is 0 Å². The van der Waals surface area contributed by atoms with Crippen LogP contribution in [0.1, 0.15) is 102 Å². The maximum Gasteiger partial charge on any atom is 0.288 e. The number of alkyl halides is 1. The Kier molecular flexibility index (Phi) is 11.0. The molecular weight excluding hydrogens is 489 g/mol. The first-order valence-corrected chi connectivity index (χ1v) is 15.0. The van der Waals surface area contributed by atoms with Crippen molar-refractivity contribution in [2.45, 2.75) is 110 Å². The number of aryl methyl sites for hydroxylation is 1. The largest absolute Gasteiger partial charge is 0.490 e. The van der Waals surface area contributed by atoms with Crippen LogP contribution in [-0.2, 0) is 17.7 Å². The van der Waals surface area contributed by atoms with Crippen LogP contribution < -0.4 is 4.74 Å². The van der Waals surface area contributed by atoms with Gasteiger partial charge in [0.05, 0.1) is 13.2 Å². The molecule has 1 saturated carbocycles. The van der Waals surface area contributed by atoms with E-state index in [-0.39, 0.29) is 11.7 Å². The molecule has 0 saturated heterocycles. The highest BCUT2D eigenvalue weighted by atomic mass is 19.2. The van der Waals surface area contributed by atoms with Crippen LogP contribution >= 0.6 is 0 Å². The summed E-state index contributed by atoms with van der Waals surface area (Å²) in [6, 6.07) is 1.66. The molecule has 3 unspecified atom stereocenters. The van der Waals surface area contributed by atoms with Crippen molar-refractivity contribution >= 4 is 5.71 Å². The second kappa shape index (κ2) is 14.4. The quantitative estimate of drug-likeness (QED) is 0.158. The summed E-state index contributed by atoms with van der Waals surface area (Å²) >= 11 is 0. The highest BCUT2D eigenvalue weighted by Gasteiger charge is 2.31. The number of allylic oxidation sites excluding steroid dienone is 1. The first-order chi connectivity index (χ1) is 18.5. The van der Waals surface area contributed by atoms with Gasteiger partial charge in [0.2, 0.25) is 5.82 Å². The van der Waals surface area contributed by atoms with E-state index in [1.54, 1.807) is 18.3 Å². The third-order valence-corrected chi connectivity index (χ3v) is 8.38. The van der Waals surface area contributed by atoms with Crippen molar-refractivity contribution in [1.29, 1.82) is 0 Å². The molecule has 7 heteroatoms. The van der Waals surface area contributed by atoms with E-state index >= 15 is 4.39 Å². The van der Waals surface area contributed by atoms with Crippen LogP contribution in [0.4, 0.5) is 13.2 Å². The molecule has 38 heavy (non-hydrogen) atoms. The maximum atomic E-state index is 15.1. The molecule has 3 aliphatic rings. The van der Waals surface area contributed by atoms with Crippen LogP contribution in [0.15, 0.2) is 23.3 Å². The van der Waals surface area contributed by atoms with Crippen LogP contribution in [0.3, 0.4) is 0 Å². The van der Waals surface area contributed by atoms with E-state index in [9.17, 15) is 8.78 Å². The Hall–Kier alpha value is -2.02. The SMILES string of the molecule is CCCCCCON1C=CC(C2CCc3cc(OCCCCCC(CC)C4CC4)c(F)c(F)c3C2)=NC1F. The fourth-order valence-corrected chi connectivity index (χ4v) is 5.87. The van der Waals surface area contributed by atoms with Crippen molar-refractivity contribution in [2.24, 2.45) is 22.7 Å². The summed E-state index contributed by atoms with van der Waals surface area (Å²) in [6.07, 6.45) is 15.8. The summed E-state index contributed by atoms with van der Waals surface area (Å²) < 4.78 is 50.2. The lowest BCUT2D eigenvalue weighted by Crippen LogP contribution is -2.33. The smallest absolute Gasteiger partial charge is 0.288 e. The zero-order chi connectivity index (χ0) is 26.9. The number of rotatable bonds is 16. The number of benzene rings is 1. The van der Waals surface area contributed by atoms with E-state index in [0.29, 0.717) is 43.8 Å². The van der Waals surface area contributed by atoms with Crippen LogP contribution in [0.5, 0.6) is 5.75 Å². The number of hydrogen-bond acceptors (Lipinski definition) is 4. The van der Waals surface area contributed by atoms with Gasteiger partial charge >= 0.3 is 0 Å². The summed E-state index contributed by atoms with van der Waals surface area (Å²) in [6.45, 7) is 5.26. The molecule has 1 aliphatic heterocycles. The normalized spacial score (nSPS) is 21.8. The van der Waals surface area contributed by atoms with E-state index in [1.165, 1.54) is 32.1 Å². The standard InChI is InChI=1S/C31H45F3N2O2/c1-3-5-6-10-19-38-36-17-16-27(35-31(36)34)25-15-14-24-21-28(30(33)29(32)26(24)20-25)37-18-9-7-8-11-22(4-2)23-12-13-23/h16-17,21-23,25,31H,3-15,18-20H2,1-2H3. The summed E-state index contributed by atoms with van der Waals surface area (Å²) in [5.74, 6) is -0.119. The lowest BCUT2D eigenvalue weighted by molar-refractivity contribution is -0.180. The van der Waals surface area contributed by atoms with Gasteiger partial charge in [0.1, 0.15) is 0 Å². The number of fused-ring (bicyclic) bond motifs is 1. The Morgan fingerprint density at radius 1 is 1.00 bits per heavy atom. The van der Waals surface area contributed by atoms with Crippen LogP contribution in [-0.4, -0.2) is 30.4 Å². The number of hydroxylamine groups is 2. The van der Waals surface area contributed by atoms with Crippen molar-refractivity contribution in [2.75, 3.05) is 13.2 Å². The Labute approximate surface area is 226 Å². The lowest BCUT2D eigenvalue weighted by atomic mass is 9.80. The summed E-state index contributed by atoms with van der Waals surface area (Å²) in [5, 5.41) is 1.13. The number of ether oxygens (including phenoxy) is 1. The molecule has 4 nitrogen and oxygen atoms in total. The zero-order valence-corrected chi connectivity index (χ0v) is 23.2. The molecule has 1 aromatic rings. The van der Waals surface area contributed by atoms with Crippen LogP contribution in [0, 0.1) is 29.4 Å². The van der Waals surface area contributed by atoms with Gasteiger partial charge in [-0.25, -0.2) is 14.4 Å². The number of nitrogens with zero attached hydrogens (tertiary/aromatic N) is 2. The molecular formula is C31H45F3N2O2. The number of hydrogen-bond donors (Lipinski definition) is 0. The number of halogens is 3. The second-order valence-electron chi connectivity index (χ2n) is 11.2. The van der Waals surface area contributed by atoms with Gasteiger partial charge in [-0.2, -0.15) is 8.78 Å². The Bertz CT molecular complexity index is 963. The monoisotopic (exact) mass is 534 g/mol. The first kappa shape index (κ1) is 29.0. The van der Waals surface area contributed by atoms with Crippen molar-refractivity contribution in [3.05, 3.63) is 41.1 Å². The van der Waals surface area contributed by atoms with Crippen LogP contribution in [0.2, 0.25) is 0 Å². The lowest BCUT2D eigenvalue weighted by Gasteiger charge is -2.30. The molecule has 0 aromatic heterocycles. The predicted octanol–water partition coefficient (Wildman–Crippen LogP) is 8.48. The van der Waals surface area contributed by atoms with Crippen molar-refractivity contribution in [3.8, 4) is 5.75 Å². The van der Waals surface area contributed by atoms with Crippen LogP contribution in [0.25, 0.3) is 0 Å². The number of unbranched alkanes of at least 4 members (excludes halogenated alkanes) is 5. The van der Waals surface area contributed by atoms with E-state index in [2.05, 4.69) is 18.8 Å². The zero-order valence-electron chi connectivity index (χ0n) is 23.2. The third-order valence-electron chi connectivity index (χ3n) is 8.38. The Morgan fingerprint density at radius 2 is 1.79 bits per heavy atom. The molecule has 0 bridgehead atoms. The first-order valence-electron chi connectivity index (χ1n) is 15.0. The molecule has 3 atom stereocenters. The third kappa shape index (κ3) is 7.77. The minimum atomic E-state index is -1.62. The minimum absolute atomic E-state index is 0.00886. The molecule has 212 valence electrons. The Morgan fingerprint density at radius 3 is 2.53 bits per heavy atom. The van der Waals surface area contributed by atoms with E-state index in [0.717, 1.165) is 61.0 Å². The van der Waals surface area contributed by atoms with Gasteiger partial charge < -0.3 is 4.74 Å². The summed E-state index contributed by atoms with van der Waals surface area (Å²) in [4.78, 5) is 9.67. The van der Waals surface area contributed by atoms with Crippen molar-refractivity contribution in [1.82, 2.24) is 5.06 Å². The molecule has 1 heterocycles. The highest BCUT2D eigenvalue weighted by molar-refractivity contribution is 5.97. The van der Waals surface area contributed by atoms with Crippen molar-refractivity contribution < 1.29 is 22.7 Å². The fraction of sp³-hybridized carbons (Fsp3) is 0.710. The fourth-order valence-electron chi connectivity index (χ4n) is 5.87. The second-order valence-corrected chi connectivity index (χ2v) is 11.2. The van der Waals surface area contributed by atoms with Gasteiger partial charge in [-0.05, 0) is 80.1 Å². The van der Waals surface area contributed by atoms with Gasteiger partial charge in [-0.1, -0.05) is 58.8 Å². The molecule has 0 N–H and O–H groups in total. The van der Waals surface area contributed by atoms with E-state index in [4.69, 9.17) is 9.57 Å². The summed E-state index contributed by atoms with van der Waals surface area (Å²) in [5.41, 5.74) is 1.71. The van der Waals surface area contributed by atoms with Gasteiger partial charge in [0.15, 0.2) is 11.6 Å². The number of aliphatic imine (C=N–C) groups is 1. The molecule has 4 rings (SSSR count).